The molecule has 0 aliphatic heterocycles. The van der Waals surface area contributed by atoms with Crippen molar-refractivity contribution in [3.8, 4) is 0 Å². The maximum atomic E-state index is 11.1. The average Bonchev–Trinajstić information content (AvgIpc) is 2.41. The Labute approximate surface area is 111 Å². The average molecular weight is 264 g/mol. The van der Waals surface area contributed by atoms with Gasteiger partial charge in [0.1, 0.15) is 6.61 Å². The summed E-state index contributed by atoms with van der Waals surface area (Å²) in [7, 11) is 0. The van der Waals surface area contributed by atoms with E-state index in [1.165, 1.54) is 18.2 Å². The van der Waals surface area contributed by atoms with Crippen molar-refractivity contribution < 1.29 is 19.4 Å². The minimum Gasteiger partial charge on any atom is -0.478 e. The van der Waals surface area contributed by atoms with Crippen molar-refractivity contribution in [1.82, 2.24) is 5.32 Å². The van der Waals surface area contributed by atoms with Crippen molar-refractivity contribution in [3.63, 3.8) is 0 Å². The lowest BCUT2D eigenvalue weighted by molar-refractivity contribution is 0.0697. The van der Waals surface area contributed by atoms with Crippen LogP contribution in [0.15, 0.2) is 36.9 Å². The van der Waals surface area contributed by atoms with Crippen molar-refractivity contribution in [2.24, 2.45) is 0 Å². The number of nitrogens with one attached hydrogen (secondary N) is 2. The molecule has 0 aromatic heterocycles. The van der Waals surface area contributed by atoms with Gasteiger partial charge in [-0.3, -0.25) is 0 Å². The number of alkyl carbamates (subject to hydrolysis) is 1. The fraction of sp³-hybridized carbons (Fsp3) is 0.231. The molecule has 1 aromatic carbocycles. The fourth-order valence-corrected chi connectivity index (χ4v) is 1.32. The zero-order valence-electron chi connectivity index (χ0n) is 10.4. The third-order valence-electron chi connectivity index (χ3n) is 2.17. The molecule has 0 bridgehead atoms. The van der Waals surface area contributed by atoms with Crippen LogP contribution in [0.3, 0.4) is 0 Å². The number of carboxylic acids is 1. The highest BCUT2D eigenvalue weighted by Crippen LogP contribution is 2.09. The van der Waals surface area contributed by atoms with Crippen molar-refractivity contribution in [1.29, 1.82) is 0 Å². The molecule has 0 unspecified atom stereocenters. The molecule has 1 amide bonds. The Bertz CT molecular complexity index is 460. The first kappa shape index (κ1) is 14.6. The number of rotatable bonds is 7. The predicted molar refractivity (Wildman–Crippen MR) is 71.4 cm³/mol. The standard InChI is InChI=1S/C13H16N2O4/c1-2-8-19-13(18)15-7-6-14-11-5-3-4-10(9-11)12(16)17/h2-5,9,14H,1,6-8H2,(H,15,18)(H,16,17). The van der Waals surface area contributed by atoms with E-state index in [4.69, 9.17) is 9.84 Å². The Kier molecular flexibility index (Phi) is 5.94. The molecule has 6 heteroatoms. The highest BCUT2D eigenvalue weighted by atomic mass is 16.5. The largest absolute Gasteiger partial charge is 0.478 e. The number of anilines is 1. The van der Waals surface area contributed by atoms with Gasteiger partial charge in [-0.15, -0.1) is 0 Å². The zero-order chi connectivity index (χ0) is 14.1. The third kappa shape index (κ3) is 5.58. The van der Waals surface area contributed by atoms with Gasteiger partial charge in [-0.05, 0) is 18.2 Å². The molecule has 0 fully saturated rings. The number of hydrogen-bond donors (Lipinski definition) is 3. The smallest absolute Gasteiger partial charge is 0.407 e. The molecule has 102 valence electrons. The number of ether oxygens (including phenoxy) is 1. The van der Waals surface area contributed by atoms with Gasteiger partial charge in [0.2, 0.25) is 0 Å². The van der Waals surface area contributed by atoms with Crippen molar-refractivity contribution in [3.05, 3.63) is 42.5 Å². The Hall–Kier alpha value is -2.50. The van der Waals surface area contributed by atoms with Crippen LogP contribution >= 0.6 is 0 Å². The number of aromatic carboxylic acids is 1. The van der Waals surface area contributed by atoms with Crippen LogP contribution in [0.5, 0.6) is 0 Å². The van der Waals surface area contributed by atoms with Gasteiger partial charge in [0.05, 0.1) is 5.56 Å². The summed E-state index contributed by atoms with van der Waals surface area (Å²) >= 11 is 0. The van der Waals surface area contributed by atoms with Crippen LogP contribution < -0.4 is 10.6 Å². The van der Waals surface area contributed by atoms with Gasteiger partial charge in [-0.25, -0.2) is 9.59 Å². The van der Waals surface area contributed by atoms with E-state index >= 15 is 0 Å². The summed E-state index contributed by atoms with van der Waals surface area (Å²) in [4.78, 5) is 21.8. The first-order valence-electron chi connectivity index (χ1n) is 5.72. The maximum Gasteiger partial charge on any atom is 0.407 e. The molecule has 19 heavy (non-hydrogen) atoms. The molecule has 0 atom stereocenters. The van der Waals surface area contributed by atoms with Crippen LogP contribution in [0.25, 0.3) is 0 Å². The summed E-state index contributed by atoms with van der Waals surface area (Å²) in [6, 6.07) is 6.44. The highest BCUT2D eigenvalue weighted by Gasteiger charge is 2.03. The number of carboxylic acid groups (broad SMARTS) is 1. The van der Waals surface area contributed by atoms with Gasteiger partial charge in [0.15, 0.2) is 0 Å². The van der Waals surface area contributed by atoms with Gasteiger partial charge in [0.25, 0.3) is 0 Å². The maximum absolute atomic E-state index is 11.1. The first-order chi connectivity index (χ1) is 9.13. The first-order valence-corrected chi connectivity index (χ1v) is 5.72. The van der Waals surface area contributed by atoms with Gasteiger partial charge in [-0.2, -0.15) is 0 Å². The molecule has 0 saturated carbocycles. The second-order valence-corrected chi connectivity index (χ2v) is 3.63. The number of carbonyl (C=O) groups is 2. The molecule has 1 aromatic rings. The number of carbonyl (C=O) groups excluding carboxylic acids is 1. The summed E-state index contributed by atoms with van der Waals surface area (Å²) in [5.74, 6) is -0.977. The molecular formula is C13H16N2O4. The zero-order valence-corrected chi connectivity index (χ0v) is 10.4. The highest BCUT2D eigenvalue weighted by molar-refractivity contribution is 5.88. The van der Waals surface area contributed by atoms with Crippen LogP contribution in [0.4, 0.5) is 10.5 Å². The number of hydrogen-bond acceptors (Lipinski definition) is 4. The predicted octanol–water partition coefficient (Wildman–Crippen LogP) is 1.71. The summed E-state index contributed by atoms with van der Waals surface area (Å²) in [5, 5.41) is 14.4. The molecule has 1 rings (SSSR count). The Balaban J connectivity index is 2.29. The third-order valence-corrected chi connectivity index (χ3v) is 2.17. The molecule has 0 aliphatic carbocycles. The molecule has 0 heterocycles. The lowest BCUT2D eigenvalue weighted by Crippen LogP contribution is -2.29. The second kappa shape index (κ2) is 7.75. The monoisotopic (exact) mass is 264 g/mol. The van der Waals surface area contributed by atoms with E-state index in [1.54, 1.807) is 12.1 Å². The Morgan fingerprint density at radius 1 is 1.37 bits per heavy atom. The van der Waals surface area contributed by atoms with E-state index in [0.29, 0.717) is 18.8 Å². The van der Waals surface area contributed by atoms with E-state index in [2.05, 4.69) is 17.2 Å². The summed E-state index contributed by atoms with van der Waals surface area (Å²) in [6.45, 7) is 4.43. The molecular weight excluding hydrogens is 248 g/mol. The minimum atomic E-state index is -0.977. The lowest BCUT2D eigenvalue weighted by Gasteiger charge is -2.08. The lowest BCUT2D eigenvalue weighted by atomic mass is 10.2. The quantitative estimate of drug-likeness (QED) is 0.515. The summed E-state index contributed by atoms with van der Waals surface area (Å²) < 4.78 is 4.72. The van der Waals surface area contributed by atoms with Crippen molar-refractivity contribution >= 4 is 17.7 Å². The number of benzene rings is 1. The van der Waals surface area contributed by atoms with Crippen molar-refractivity contribution in [2.75, 3.05) is 25.0 Å². The molecule has 3 N–H and O–H groups in total. The molecule has 6 nitrogen and oxygen atoms in total. The molecule has 0 saturated heterocycles. The van der Waals surface area contributed by atoms with Crippen LogP contribution in [-0.4, -0.2) is 36.9 Å². The van der Waals surface area contributed by atoms with Gasteiger partial charge >= 0.3 is 12.1 Å². The second-order valence-electron chi connectivity index (χ2n) is 3.63. The summed E-state index contributed by atoms with van der Waals surface area (Å²) in [5.41, 5.74) is 0.893. The Morgan fingerprint density at radius 2 is 2.16 bits per heavy atom. The summed E-state index contributed by atoms with van der Waals surface area (Å²) in [6.07, 6.45) is 0.968. The topological polar surface area (TPSA) is 87.7 Å². The Morgan fingerprint density at radius 3 is 2.84 bits per heavy atom. The van der Waals surface area contributed by atoms with E-state index in [9.17, 15) is 9.59 Å². The fourth-order valence-electron chi connectivity index (χ4n) is 1.32. The van der Waals surface area contributed by atoms with Crippen molar-refractivity contribution in [2.45, 2.75) is 0 Å². The van der Waals surface area contributed by atoms with Gasteiger partial charge < -0.3 is 20.5 Å². The van der Waals surface area contributed by atoms with Gasteiger partial charge in [0, 0.05) is 18.8 Å². The molecule has 0 radical (unpaired) electrons. The van der Waals surface area contributed by atoms with Crippen LogP contribution in [-0.2, 0) is 4.74 Å². The van der Waals surface area contributed by atoms with Crippen LogP contribution in [0.1, 0.15) is 10.4 Å². The molecule has 0 spiro atoms. The van der Waals surface area contributed by atoms with Crippen LogP contribution in [0.2, 0.25) is 0 Å². The van der Waals surface area contributed by atoms with E-state index in [1.807, 2.05) is 0 Å². The normalized spacial score (nSPS) is 9.47. The van der Waals surface area contributed by atoms with E-state index in [0.717, 1.165) is 0 Å². The minimum absolute atomic E-state index is 0.167. The van der Waals surface area contributed by atoms with Gasteiger partial charge in [-0.1, -0.05) is 18.7 Å². The molecule has 0 aliphatic rings. The number of amides is 1. The van der Waals surface area contributed by atoms with Crippen LogP contribution in [0, 0.1) is 0 Å². The van der Waals surface area contributed by atoms with E-state index in [-0.39, 0.29) is 12.2 Å². The van der Waals surface area contributed by atoms with E-state index < -0.39 is 12.1 Å². The SMILES string of the molecule is C=CCOC(=O)NCCNc1cccc(C(=O)O)c1.